The number of carbonyl (C=O) groups is 1. The maximum absolute atomic E-state index is 12.8. The molecule has 2 aromatic carbocycles. The minimum atomic E-state index is -0.129. The van der Waals surface area contributed by atoms with Crippen LogP contribution in [0.2, 0.25) is 0 Å². The number of aromatic nitrogens is 1. The van der Waals surface area contributed by atoms with E-state index in [9.17, 15) is 4.79 Å². The fourth-order valence-electron chi connectivity index (χ4n) is 3.48. The van der Waals surface area contributed by atoms with Gasteiger partial charge < -0.3 is 0 Å². The predicted octanol–water partition coefficient (Wildman–Crippen LogP) is 5.04. The molecule has 122 valence electrons. The molecule has 5 rings (SSSR count). The third-order valence-electron chi connectivity index (χ3n) is 4.68. The van der Waals surface area contributed by atoms with E-state index in [0.29, 0.717) is 12.4 Å². The lowest BCUT2D eigenvalue weighted by molar-refractivity contribution is 0.257. The van der Waals surface area contributed by atoms with Crippen molar-refractivity contribution in [2.24, 2.45) is 0 Å². The number of pyridine rings is 1. The van der Waals surface area contributed by atoms with Gasteiger partial charge in [-0.3, -0.25) is 10.2 Å². The van der Waals surface area contributed by atoms with E-state index in [0.717, 1.165) is 23.0 Å². The maximum atomic E-state index is 12.8. The fourth-order valence-corrected chi connectivity index (χ4v) is 4.29. The van der Waals surface area contributed by atoms with Gasteiger partial charge in [0.25, 0.3) is 0 Å². The van der Waals surface area contributed by atoms with Crippen molar-refractivity contribution in [2.75, 3.05) is 16.8 Å². The van der Waals surface area contributed by atoms with Crippen molar-refractivity contribution in [3.63, 3.8) is 0 Å². The molecule has 0 fully saturated rings. The van der Waals surface area contributed by atoms with Crippen molar-refractivity contribution >= 4 is 49.9 Å². The van der Waals surface area contributed by atoms with Crippen LogP contribution in [0.4, 0.5) is 16.3 Å². The lowest BCUT2D eigenvalue weighted by atomic mass is 10.1. The Morgan fingerprint density at radius 1 is 1.08 bits per heavy atom. The monoisotopic (exact) mass is 345 g/mol. The predicted molar refractivity (Wildman–Crippen MR) is 104 cm³/mol. The summed E-state index contributed by atoms with van der Waals surface area (Å²) in [6.07, 6.45) is 0.891. The summed E-state index contributed by atoms with van der Waals surface area (Å²) in [5, 5.41) is 7.37. The summed E-state index contributed by atoms with van der Waals surface area (Å²) in [6, 6.07) is 17.9. The van der Waals surface area contributed by atoms with Crippen molar-refractivity contribution in [1.29, 1.82) is 0 Å². The number of urea groups is 1. The Morgan fingerprint density at radius 3 is 2.96 bits per heavy atom. The first-order chi connectivity index (χ1) is 12.3. The molecule has 2 amide bonds. The summed E-state index contributed by atoms with van der Waals surface area (Å²) in [5.74, 6) is 0.578. The number of carbonyl (C=O) groups excluding carboxylic acids is 1. The maximum Gasteiger partial charge on any atom is 0.327 e. The Morgan fingerprint density at radius 2 is 2.00 bits per heavy atom. The topological polar surface area (TPSA) is 45.2 Å². The SMILES string of the molecule is O=C(Nc1ccc2ccccc2n1)N1CCc2c1ccc1sccc21. The van der Waals surface area contributed by atoms with Crippen LogP contribution in [0, 0.1) is 0 Å². The molecule has 1 aliphatic heterocycles. The Hall–Kier alpha value is -2.92. The van der Waals surface area contributed by atoms with Crippen molar-refractivity contribution in [3.05, 3.63) is 65.5 Å². The number of hydrogen-bond acceptors (Lipinski definition) is 3. The van der Waals surface area contributed by atoms with Gasteiger partial charge in [-0.1, -0.05) is 18.2 Å². The lowest BCUT2D eigenvalue weighted by Crippen LogP contribution is -2.33. The summed E-state index contributed by atoms with van der Waals surface area (Å²) >= 11 is 1.74. The summed E-state index contributed by atoms with van der Waals surface area (Å²) in [5.41, 5.74) is 3.15. The molecule has 0 atom stereocenters. The van der Waals surface area contributed by atoms with Crippen LogP contribution in [0.25, 0.3) is 21.0 Å². The van der Waals surface area contributed by atoms with Crippen molar-refractivity contribution in [2.45, 2.75) is 6.42 Å². The van der Waals surface area contributed by atoms with Gasteiger partial charge in [-0.2, -0.15) is 0 Å². The number of anilines is 2. The summed E-state index contributed by atoms with van der Waals surface area (Å²) in [4.78, 5) is 19.1. The van der Waals surface area contributed by atoms with Gasteiger partial charge in [-0.25, -0.2) is 9.78 Å². The molecule has 0 bridgehead atoms. The zero-order valence-electron chi connectivity index (χ0n) is 13.4. The van der Waals surface area contributed by atoms with E-state index in [1.165, 1.54) is 15.6 Å². The Labute approximate surface area is 148 Å². The highest BCUT2D eigenvalue weighted by Gasteiger charge is 2.26. The van der Waals surface area contributed by atoms with Crippen molar-refractivity contribution < 1.29 is 4.79 Å². The average molecular weight is 345 g/mol. The molecular weight excluding hydrogens is 330 g/mol. The average Bonchev–Trinajstić information content (AvgIpc) is 3.27. The molecule has 4 nitrogen and oxygen atoms in total. The van der Waals surface area contributed by atoms with Crippen LogP contribution >= 0.6 is 11.3 Å². The molecule has 3 heterocycles. The number of benzene rings is 2. The smallest absolute Gasteiger partial charge is 0.294 e. The van der Waals surface area contributed by atoms with Gasteiger partial charge in [0.05, 0.1) is 5.52 Å². The molecule has 0 saturated carbocycles. The first-order valence-corrected chi connectivity index (χ1v) is 9.11. The number of fused-ring (bicyclic) bond motifs is 4. The first kappa shape index (κ1) is 14.4. The van der Waals surface area contributed by atoms with Crippen LogP contribution in [0.3, 0.4) is 0 Å². The van der Waals surface area contributed by atoms with Gasteiger partial charge in [0.15, 0.2) is 0 Å². The van der Waals surface area contributed by atoms with Gasteiger partial charge in [-0.05, 0) is 59.1 Å². The zero-order valence-corrected chi connectivity index (χ0v) is 14.2. The highest BCUT2D eigenvalue weighted by Crippen LogP contribution is 2.36. The van der Waals surface area contributed by atoms with Crippen molar-refractivity contribution in [1.82, 2.24) is 4.98 Å². The van der Waals surface area contributed by atoms with Gasteiger partial charge in [-0.15, -0.1) is 11.3 Å². The normalized spacial score (nSPS) is 13.4. The molecule has 0 aliphatic carbocycles. The molecule has 1 aliphatic rings. The molecule has 2 aromatic heterocycles. The van der Waals surface area contributed by atoms with E-state index in [2.05, 4.69) is 33.9 Å². The largest absolute Gasteiger partial charge is 0.327 e. The van der Waals surface area contributed by atoms with E-state index in [1.807, 2.05) is 41.3 Å². The molecule has 1 N–H and O–H groups in total. The number of amides is 2. The second kappa shape index (κ2) is 5.57. The number of rotatable bonds is 1. The second-order valence-corrected chi connectivity index (χ2v) is 7.06. The van der Waals surface area contributed by atoms with Crippen LogP contribution in [0.5, 0.6) is 0 Å². The highest BCUT2D eigenvalue weighted by atomic mass is 32.1. The fraction of sp³-hybridized carbons (Fsp3) is 0.100. The molecule has 0 radical (unpaired) electrons. The minimum Gasteiger partial charge on any atom is -0.294 e. The van der Waals surface area contributed by atoms with Crippen LogP contribution in [0.15, 0.2) is 60.0 Å². The second-order valence-electron chi connectivity index (χ2n) is 6.12. The minimum absolute atomic E-state index is 0.129. The molecule has 25 heavy (non-hydrogen) atoms. The molecule has 4 aromatic rings. The number of hydrogen-bond donors (Lipinski definition) is 1. The van der Waals surface area contributed by atoms with Crippen LogP contribution in [-0.2, 0) is 6.42 Å². The van der Waals surface area contributed by atoms with Gasteiger partial charge >= 0.3 is 6.03 Å². The van der Waals surface area contributed by atoms with Gasteiger partial charge in [0, 0.05) is 22.3 Å². The Bertz CT molecular complexity index is 1120. The zero-order chi connectivity index (χ0) is 16.8. The number of nitrogens with one attached hydrogen (secondary N) is 1. The molecule has 0 unspecified atom stereocenters. The molecule has 0 spiro atoms. The van der Waals surface area contributed by atoms with Gasteiger partial charge in [0.2, 0.25) is 0 Å². The quantitative estimate of drug-likeness (QED) is 0.525. The van der Waals surface area contributed by atoms with E-state index in [-0.39, 0.29) is 6.03 Å². The standard InChI is InChI=1S/C20H15N3OS/c24-20(22-19-8-5-13-3-1-2-4-16(13)21-19)23-11-9-14-15-10-12-25-18(15)7-6-17(14)23/h1-8,10,12H,9,11H2,(H,21,22,24). The number of para-hydroxylation sites is 1. The first-order valence-electron chi connectivity index (χ1n) is 8.23. The molecule has 5 heteroatoms. The third kappa shape index (κ3) is 2.36. The van der Waals surface area contributed by atoms with E-state index < -0.39 is 0 Å². The summed E-state index contributed by atoms with van der Waals surface area (Å²) in [7, 11) is 0. The van der Waals surface area contributed by atoms with E-state index in [4.69, 9.17) is 0 Å². The van der Waals surface area contributed by atoms with Crippen LogP contribution < -0.4 is 10.2 Å². The van der Waals surface area contributed by atoms with Crippen LogP contribution in [0.1, 0.15) is 5.56 Å². The van der Waals surface area contributed by atoms with E-state index in [1.54, 1.807) is 11.3 Å². The van der Waals surface area contributed by atoms with Gasteiger partial charge in [0.1, 0.15) is 5.82 Å². The Balaban J connectivity index is 1.45. The third-order valence-corrected chi connectivity index (χ3v) is 5.56. The number of thiophene rings is 1. The number of nitrogens with zero attached hydrogens (tertiary/aromatic N) is 2. The molecule has 0 saturated heterocycles. The summed E-state index contributed by atoms with van der Waals surface area (Å²) < 4.78 is 1.28. The van der Waals surface area contributed by atoms with E-state index >= 15 is 0 Å². The summed E-state index contributed by atoms with van der Waals surface area (Å²) in [6.45, 7) is 0.698. The highest BCUT2D eigenvalue weighted by molar-refractivity contribution is 7.17. The molecular formula is C20H15N3OS. The van der Waals surface area contributed by atoms with Crippen molar-refractivity contribution in [3.8, 4) is 0 Å². The Kier molecular flexibility index (Phi) is 3.21. The van der Waals surface area contributed by atoms with Crippen LogP contribution in [-0.4, -0.2) is 17.6 Å². The lowest BCUT2D eigenvalue weighted by Gasteiger charge is -2.18.